The number of aliphatic hydroxyl groups is 1. The van der Waals surface area contributed by atoms with Crippen LogP contribution in [0, 0.1) is 6.92 Å². The maximum absolute atomic E-state index is 13.4. The number of alkyl halides is 2. The molecule has 22 heavy (non-hydrogen) atoms. The first-order chi connectivity index (χ1) is 10.4. The van der Waals surface area contributed by atoms with Crippen molar-refractivity contribution < 1.29 is 13.9 Å². The van der Waals surface area contributed by atoms with Crippen molar-refractivity contribution in [1.82, 2.24) is 4.98 Å². The van der Waals surface area contributed by atoms with Gasteiger partial charge in [0.15, 0.2) is 0 Å². The Morgan fingerprint density at radius 2 is 1.91 bits per heavy atom. The molecular weight excluding hydrogens is 286 g/mol. The summed E-state index contributed by atoms with van der Waals surface area (Å²) in [6, 6.07) is 11.7. The van der Waals surface area contributed by atoms with Crippen molar-refractivity contribution in [2.75, 3.05) is 0 Å². The number of aromatic amines is 1. The first-order valence-electron chi connectivity index (χ1n) is 6.93. The second-order valence-corrected chi connectivity index (χ2v) is 5.30. The lowest BCUT2D eigenvalue weighted by Crippen LogP contribution is -2.13. The highest BCUT2D eigenvalue weighted by molar-refractivity contribution is 5.91. The molecule has 0 spiro atoms. The molecule has 0 aliphatic rings. The van der Waals surface area contributed by atoms with E-state index >= 15 is 0 Å². The topological polar surface area (TPSA) is 62.0 Å². The largest absolute Gasteiger partial charge is 0.381 e. The fourth-order valence-electron chi connectivity index (χ4n) is 2.73. The van der Waals surface area contributed by atoms with Gasteiger partial charge < -0.3 is 15.8 Å². The monoisotopic (exact) mass is 302 g/mol. The zero-order chi connectivity index (χ0) is 15.9. The molecule has 3 aromatic rings. The Morgan fingerprint density at radius 3 is 2.59 bits per heavy atom. The minimum absolute atomic E-state index is 0.290. The number of halogens is 2. The van der Waals surface area contributed by atoms with Crippen LogP contribution in [0.1, 0.15) is 16.7 Å². The van der Waals surface area contributed by atoms with Crippen LogP contribution in [0.15, 0.2) is 42.5 Å². The van der Waals surface area contributed by atoms with Gasteiger partial charge in [-0.15, -0.1) is 0 Å². The molecule has 1 heterocycles. The second kappa shape index (κ2) is 5.19. The van der Waals surface area contributed by atoms with Crippen LogP contribution in [0.25, 0.3) is 22.2 Å². The molecule has 0 aliphatic carbocycles. The first-order valence-corrected chi connectivity index (χ1v) is 6.93. The fraction of sp³-hybridized carbons (Fsp3) is 0.176. The minimum Gasteiger partial charge on any atom is -0.354 e. The Morgan fingerprint density at radius 1 is 1.18 bits per heavy atom. The Labute approximate surface area is 126 Å². The summed E-state index contributed by atoms with van der Waals surface area (Å²) in [6.07, 6.45) is -3.89. The molecule has 5 heteroatoms. The molecule has 0 radical (unpaired) electrons. The number of fused-ring (bicyclic) bond motifs is 1. The molecule has 0 saturated heterocycles. The lowest BCUT2D eigenvalue weighted by atomic mass is 10.00. The predicted octanol–water partition coefficient (Wildman–Crippen LogP) is 3.64. The Kier molecular flexibility index (Phi) is 3.47. The van der Waals surface area contributed by atoms with E-state index in [1.165, 1.54) is 12.1 Å². The molecule has 4 N–H and O–H groups in total. The van der Waals surface area contributed by atoms with E-state index in [2.05, 4.69) is 4.98 Å². The van der Waals surface area contributed by atoms with Crippen LogP contribution in [0.4, 0.5) is 8.78 Å². The zero-order valence-electron chi connectivity index (χ0n) is 12.0. The van der Waals surface area contributed by atoms with Gasteiger partial charge in [-0.05, 0) is 36.2 Å². The fourth-order valence-corrected chi connectivity index (χ4v) is 2.73. The van der Waals surface area contributed by atoms with E-state index in [0.717, 1.165) is 22.0 Å². The number of aryl methyl sites for hydroxylation is 1. The molecule has 0 saturated carbocycles. The van der Waals surface area contributed by atoms with Crippen molar-refractivity contribution in [3.8, 4) is 11.3 Å². The molecule has 0 aliphatic heterocycles. The third kappa shape index (κ3) is 2.38. The van der Waals surface area contributed by atoms with E-state index in [1.54, 1.807) is 12.1 Å². The lowest BCUT2D eigenvalue weighted by molar-refractivity contribution is -0.208. The standard InChI is InChI=1S/C17H16F2N2O/c1-10-13-8-11(9-20)6-7-15(13)21-16(10)12-4-2-3-5-14(12)17(18,19)22/h2-8,21-22H,9,20H2,1H3. The van der Waals surface area contributed by atoms with Crippen molar-refractivity contribution in [2.45, 2.75) is 19.6 Å². The van der Waals surface area contributed by atoms with Crippen molar-refractivity contribution in [3.05, 3.63) is 59.2 Å². The molecule has 0 amide bonds. The van der Waals surface area contributed by atoms with Crippen LogP contribution >= 0.6 is 0 Å². The average molecular weight is 302 g/mol. The summed E-state index contributed by atoms with van der Waals surface area (Å²) in [5.41, 5.74) is 8.77. The third-order valence-corrected chi connectivity index (χ3v) is 3.88. The molecule has 0 bridgehead atoms. The molecule has 0 unspecified atom stereocenters. The van der Waals surface area contributed by atoms with Crippen molar-refractivity contribution >= 4 is 10.9 Å². The quantitative estimate of drug-likeness (QED) is 0.691. The van der Waals surface area contributed by atoms with Crippen molar-refractivity contribution in [3.63, 3.8) is 0 Å². The number of H-pyrrole nitrogens is 1. The van der Waals surface area contributed by atoms with Crippen LogP contribution in [0.3, 0.4) is 0 Å². The summed E-state index contributed by atoms with van der Waals surface area (Å²) >= 11 is 0. The summed E-state index contributed by atoms with van der Waals surface area (Å²) < 4.78 is 26.9. The summed E-state index contributed by atoms with van der Waals surface area (Å²) in [5.74, 6) is 0. The average Bonchev–Trinajstić information content (AvgIpc) is 2.83. The predicted molar refractivity (Wildman–Crippen MR) is 82.5 cm³/mol. The van der Waals surface area contributed by atoms with Gasteiger partial charge in [0.2, 0.25) is 0 Å². The zero-order valence-corrected chi connectivity index (χ0v) is 12.0. The Balaban J connectivity index is 2.26. The number of nitrogens with one attached hydrogen (secondary N) is 1. The number of benzene rings is 2. The molecule has 3 rings (SSSR count). The SMILES string of the molecule is Cc1c(-c2ccccc2C(O)(F)F)[nH]c2ccc(CN)cc12. The molecule has 1 aromatic heterocycles. The molecule has 114 valence electrons. The molecule has 0 fully saturated rings. The van der Waals surface area contributed by atoms with Gasteiger partial charge in [-0.1, -0.05) is 24.3 Å². The minimum atomic E-state index is -3.89. The van der Waals surface area contributed by atoms with Gasteiger partial charge in [0.05, 0.1) is 11.3 Å². The highest BCUT2D eigenvalue weighted by atomic mass is 19.3. The van der Waals surface area contributed by atoms with Crippen LogP contribution in [-0.2, 0) is 12.7 Å². The molecule has 2 aromatic carbocycles. The Hall–Kier alpha value is -2.24. The van der Waals surface area contributed by atoms with Crippen LogP contribution < -0.4 is 5.73 Å². The number of aromatic nitrogens is 1. The number of nitrogens with two attached hydrogens (primary N) is 1. The summed E-state index contributed by atoms with van der Waals surface area (Å²) in [6.45, 7) is 2.28. The third-order valence-electron chi connectivity index (χ3n) is 3.88. The van der Waals surface area contributed by atoms with Gasteiger partial charge in [-0.3, -0.25) is 0 Å². The van der Waals surface area contributed by atoms with Gasteiger partial charge in [0, 0.05) is 23.0 Å². The number of hydrogen-bond donors (Lipinski definition) is 3. The summed E-state index contributed by atoms with van der Waals surface area (Å²) in [7, 11) is 0. The second-order valence-electron chi connectivity index (χ2n) is 5.30. The number of hydrogen-bond acceptors (Lipinski definition) is 2. The van der Waals surface area contributed by atoms with E-state index < -0.39 is 11.7 Å². The number of rotatable bonds is 3. The van der Waals surface area contributed by atoms with E-state index in [0.29, 0.717) is 12.2 Å². The normalized spacial score (nSPS) is 12.0. The van der Waals surface area contributed by atoms with Crippen LogP contribution in [0.2, 0.25) is 0 Å². The molecule has 3 nitrogen and oxygen atoms in total. The Bertz CT molecular complexity index is 834. The van der Waals surface area contributed by atoms with Gasteiger partial charge in [-0.25, -0.2) is 0 Å². The van der Waals surface area contributed by atoms with Crippen LogP contribution in [-0.4, -0.2) is 10.1 Å². The van der Waals surface area contributed by atoms with E-state index in [-0.39, 0.29) is 5.56 Å². The summed E-state index contributed by atoms with van der Waals surface area (Å²) in [5, 5.41) is 10.1. The van der Waals surface area contributed by atoms with E-state index in [9.17, 15) is 8.78 Å². The van der Waals surface area contributed by atoms with Gasteiger partial charge in [0.1, 0.15) is 0 Å². The first kappa shape index (κ1) is 14.7. The maximum Gasteiger partial charge on any atom is 0.381 e. The summed E-state index contributed by atoms with van der Waals surface area (Å²) in [4.78, 5) is 3.16. The molecular formula is C17H16F2N2O. The highest BCUT2D eigenvalue weighted by Crippen LogP contribution is 2.37. The molecule has 0 atom stereocenters. The van der Waals surface area contributed by atoms with Crippen molar-refractivity contribution in [2.24, 2.45) is 5.73 Å². The van der Waals surface area contributed by atoms with Gasteiger partial charge in [0.25, 0.3) is 0 Å². The highest BCUT2D eigenvalue weighted by Gasteiger charge is 2.31. The smallest absolute Gasteiger partial charge is 0.354 e. The van der Waals surface area contributed by atoms with Gasteiger partial charge in [-0.2, -0.15) is 8.78 Å². The van der Waals surface area contributed by atoms with Crippen LogP contribution in [0.5, 0.6) is 0 Å². The maximum atomic E-state index is 13.4. The van der Waals surface area contributed by atoms with E-state index in [4.69, 9.17) is 10.8 Å². The van der Waals surface area contributed by atoms with E-state index in [1.807, 2.05) is 25.1 Å². The van der Waals surface area contributed by atoms with Crippen molar-refractivity contribution in [1.29, 1.82) is 0 Å². The van der Waals surface area contributed by atoms with Gasteiger partial charge >= 0.3 is 6.11 Å². The lowest BCUT2D eigenvalue weighted by Gasteiger charge is -2.14.